The molecule has 0 aliphatic heterocycles. The number of rotatable bonds is 6. The second kappa shape index (κ2) is 6.37. The molecule has 0 spiro atoms. The van der Waals surface area contributed by atoms with Crippen LogP contribution in [0.4, 0.5) is 0 Å². The molecular formula is C16H20N2O2. The molecule has 2 rings (SSSR count). The minimum Gasteiger partial charge on any atom is -0.496 e. The lowest BCUT2D eigenvalue weighted by Gasteiger charge is -2.09. The Morgan fingerprint density at radius 2 is 2.20 bits per heavy atom. The number of hydrogen-bond acceptors (Lipinski definition) is 3. The van der Waals surface area contributed by atoms with Crippen molar-refractivity contribution in [2.24, 2.45) is 0 Å². The van der Waals surface area contributed by atoms with E-state index >= 15 is 0 Å². The van der Waals surface area contributed by atoms with Crippen LogP contribution < -0.4 is 4.74 Å². The third-order valence-corrected chi connectivity index (χ3v) is 3.24. The average Bonchev–Trinajstić information content (AvgIpc) is 2.86. The van der Waals surface area contributed by atoms with Gasteiger partial charge in [-0.2, -0.15) is 0 Å². The fourth-order valence-corrected chi connectivity index (χ4v) is 2.22. The van der Waals surface area contributed by atoms with Gasteiger partial charge in [0.25, 0.3) is 0 Å². The molecular weight excluding hydrogens is 252 g/mol. The number of benzene rings is 1. The highest BCUT2D eigenvalue weighted by Crippen LogP contribution is 2.21. The van der Waals surface area contributed by atoms with Crippen LogP contribution in [-0.4, -0.2) is 22.4 Å². The van der Waals surface area contributed by atoms with Gasteiger partial charge < -0.3 is 9.30 Å². The maximum atomic E-state index is 12.4. The summed E-state index contributed by atoms with van der Waals surface area (Å²) in [5.74, 6) is 1.47. The number of nitrogens with zero attached hydrogens (tertiary/aromatic N) is 2. The molecule has 1 heterocycles. The molecule has 0 saturated carbocycles. The Morgan fingerprint density at radius 1 is 1.40 bits per heavy atom. The number of aryl methyl sites for hydroxylation is 2. The Balaban J connectivity index is 2.22. The molecule has 1 aromatic heterocycles. The van der Waals surface area contributed by atoms with Gasteiger partial charge in [0.15, 0.2) is 5.78 Å². The minimum atomic E-state index is 0.0328. The smallest absolute Gasteiger partial charge is 0.174 e. The van der Waals surface area contributed by atoms with Crippen molar-refractivity contribution >= 4 is 5.78 Å². The normalized spacial score (nSPS) is 10.6. The first kappa shape index (κ1) is 14.3. The summed E-state index contributed by atoms with van der Waals surface area (Å²) in [6, 6.07) is 5.63. The maximum Gasteiger partial charge on any atom is 0.174 e. The first-order valence-electron chi connectivity index (χ1n) is 6.83. The molecule has 0 saturated heterocycles. The van der Waals surface area contributed by atoms with E-state index in [0.29, 0.717) is 17.7 Å². The van der Waals surface area contributed by atoms with Crippen LogP contribution in [0.3, 0.4) is 0 Å². The number of carbonyl (C=O) groups excluding carboxylic acids is 1. The van der Waals surface area contributed by atoms with E-state index in [0.717, 1.165) is 24.4 Å². The van der Waals surface area contributed by atoms with Crippen molar-refractivity contribution in [1.82, 2.24) is 9.55 Å². The zero-order valence-electron chi connectivity index (χ0n) is 12.2. The first-order valence-corrected chi connectivity index (χ1v) is 6.83. The van der Waals surface area contributed by atoms with E-state index in [1.54, 1.807) is 13.3 Å². The lowest BCUT2D eigenvalue weighted by atomic mass is 10.0. The van der Waals surface area contributed by atoms with E-state index in [1.165, 1.54) is 0 Å². The van der Waals surface area contributed by atoms with Gasteiger partial charge in [0.2, 0.25) is 0 Å². The number of ketones is 1. The summed E-state index contributed by atoms with van der Waals surface area (Å²) in [7, 11) is 1.59. The molecule has 1 aromatic carbocycles. The van der Waals surface area contributed by atoms with Crippen molar-refractivity contribution in [3.63, 3.8) is 0 Å². The third-order valence-electron chi connectivity index (χ3n) is 3.24. The summed E-state index contributed by atoms with van der Waals surface area (Å²) < 4.78 is 7.32. The van der Waals surface area contributed by atoms with E-state index in [-0.39, 0.29) is 5.78 Å². The maximum absolute atomic E-state index is 12.4. The largest absolute Gasteiger partial charge is 0.496 e. The van der Waals surface area contributed by atoms with Gasteiger partial charge in [0.1, 0.15) is 11.6 Å². The molecule has 0 fully saturated rings. The SMILES string of the molecule is CCCn1ccnc1CC(=O)c1ccc(C)cc1OC. The Labute approximate surface area is 119 Å². The predicted molar refractivity (Wildman–Crippen MR) is 78.3 cm³/mol. The van der Waals surface area contributed by atoms with E-state index in [1.807, 2.05) is 35.9 Å². The summed E-state index contributed by atoms with van der Waals surface area (Å²) in [6.07, 6.45) is 4.97. The fourth-order valence-electron chi connectivity index (χ4n) is 2.22. The highest BCUT2D eigenvalue weighted by molar-refractivity contribution is 5.99. The topological polar surface area (TPSA) is 44.1 Å². The van der Waals surface area contributed by atoms with Crippen LogP contribution in [0.15, 0.2) is 30.6 Å². The van der Waals surface area contributed by atoms with Crippen molar-refractivity contribution in [2.45, 2.75) is 33.2 Å². The van der Waals surface area contributed by atoms with Gasteiger partial charge in [-0.15, -0.1) is 0 Å². The van der Waals surface area contributed by atoms with Gasteiger partial charge in [-0.25, -0.2) is 4.98 Å². The molecule has 0 atom stereocenters. The number of hydrogen-bond donors (Lipinski definition) is 0. The number of Topliss-reactive ketones (excluding diaryl/α,β-unsaturated/α-hetero) is 1. The lowest BCUT2D eigenvalue weighted by molar-refractivity contribution is 0.0986. The third kappa shape index (κ3) is 3.07. The second-order valence-electron chi connectivity index (χ2n) is 4.84. The van der Waals surface area contributed by atoms with E-state index < -0.39 is 0 Å². The van der Waals surface area contributed by atoms with Gasteiger partial charge in [-0.1, -0.05) is 13.0 Å². The van der Waals surface area contributed by atoms with Crippen LogP contribution in [0.2, 0.25) is 0 Å². The van der Waals surface area contributed by atoms with Crippen molar-refractivity contribution in [3.8, 4) is 5.75 Å². The zero-order chi connectivity index (χ0) is 14.5. The highest BCUT2D eigenvalue weighted by atomic mass is 16.5. The molecule has 0 aliphatic carbocycles. The number of carbonyl (C=O) groups is 1. The summed E-state index contributed by atoms with van der Waals surface area (Å²) in [6.45, 7) is 4.97. The van der Waals surface area contributed by atoms with Gasteiger partial charge in [0.05, 0.1) is 19.1 Å². The molecule has 2 aromatic rings. The molecule has 106 valence electrons. The molecule has 20 heavy (non-hydrogen) atoms. The number of aromatic nitrogens is 2. The molecule has 0 N–H and O–H groups in total. The minimum absolute atomic E-state index is 0.0328. The Hall–Kier alpha value is -2.10. The Bertz CT molecular complexity index is 602. The predicted octanol–water partition coefficient (Wildman–Crippen LogP) is 3.04. The van der Waals surface area contributed by atoms with E-state index in [2.05, 4.69) is 11.9 Å². The monoisotopic (exact) mass is 272 g/mol. The summed E-state index contributed by atoms with van der Waals surface area (Å²) in [4.78, 5) is 16.7. The van der Waals surface area contributed by atoms with Crippen molar-refractivity contribution in [3.05, 3.63) is 47.5 Å². The fraction of sp³-hybridized carbons (Fsp3) is 0.375. The number of imidazole rings is 1. The molecule has 0 unspecified atom stereocenters. The van der Waals surface area contributed by atoms with Crippen LogP contribution in [0.25, 0.3) is 0 Å². The number of methoxy groups -OCH3 is 1. The summed E-state index contributed by atoms with van der Waals surface area (Å²) >= 11 is 0. The van der Waals surface area contributed by atoms with Gasteiger partial charge in [-0.05, 0) is 31.0 Å². The van der Waals surface area contributed by atoms with E-state index in [4.69, 9.17) is 4.74 Å². The van der Waals surface area contributed by atoms with Crippen molar-refractivity contribution < 1.29 is 9.53 Å². The van der Waals surface area contributed by atoms with Crippen molar-refractivity contribution in [2.75, 3.05) is 7.11 Å². The van der Waals surface area contributed by atoms with Crippen LogP contribution in [-0.2, 0) is 13.0 Å². The van der Waals surface area contributed by atoms with Crippen LogP contribution >= 0.6 is 0 Å². The lowest BCUT2D eigenvalue weighted by Crippen LogP contribution is -2.11. The van der Waals surface area contributed by atoms with Crippen LogP contribution in [0, 0.1) is 6.92 Å². The molecule has 0 radical (unpaired) electrons. The van der Waals surface area contributed by atoms with Gasteiger partial charge in [0, 0.05) is 18.9 Å². The molecule has 0 aliphatic rings. The van der Waals surface area contributed by atoms with Gasteiger partial charge >= 0.3 is 0 Å². The molecule has 0 bridgehead atoms. The summed E-state index contributed by atoms with van der Waals surface area (Å²) in [5.41, 5.74) is 1.69. The second-order valence-corrected chi connectivity index (χ2v) is 4.84. The van der Waals surface area contributed by atoms with Gasteiger partial charge in [-0.3, -0.25) is 4.79 Å². The quantitative estimate of drug-likeness (QED) is 0.759. The molecule has 4 heteroatoms. The van der Waals surface area contributed by atoms with Crippen LogP contribution in [0.1, 0.15) is 35.1 Å². The molecule has 4 nitrogen and oxygen atoms in total. The zero-order valence-corrected chi connectivity index (χ0v) is 12.2. The number of ether oxygens (including phenoxy) is 1. The molecule has 0 amide bonds. The summed E-state index contributed by atoms with van der Waals surface area (Å²) in [5, 5.41) is 0. The standard InChI is InChI=1S/C16H20N2O2/c1-4-8-18-9-7-17-16(18)11-14(19)13-6-5-12(2)10-15(13)20-3/h5-7,9-10H,4,8,11H2,1-3H3. The van der Waals surface area contributed by atoms with Crippen LogP contribution in [0.5, 0.6) is 5.75 Å². The Morgan fingerprint density at radius 3 is 2.90 bits per heavy atom. The Kier molecular flexibility index (Phi) is 4.56. The average molecular weight is 272 g/mol. The van der Waals surface area contributed by atoms with E-state index in [9.17, 15) is 4.79 Å². The van der Waals surface area contributed by atoms with Crippen molar-refractivity contribution in [1.29, 1.82) is 0 Å². The first-order chi connectivity index (χ1) is 9.65. The highest BCUT2D eigenvalue weighted by Gasteiger charge is 2.15.